The molecule has 3 rings (SSSR count). The van der Waals surface area contributed by atoms with Crippen molar-refractivity contribution in [3.8, 4) is 0 Å². The molecule has 0 spiro atoms. The Morgan fingerprint density at radius 1 is 1.06 bits per heavy atom. The van der Waals surface area contributed by atoms with Crippen LogP contribution in [0.4, 0.5) is 0 Å². The SMILES string of the molecule is O=C(CC1CC2CCC1C2)NC1CCCC1. The molecule has 0 heterocycles. The first-order valence-electron chi connectivity index (χ1n) is 7.10. The largest absolute Gasteiger partial charge is 0.353 e. The molecule has 16 heavy (non-hydrogen) atoms. The molecule has 3 fully saturated rings. The van der Waals surface area contributed by atoms with Gasteiger partial charge in [-0.1, -0.05) is 19.3 Å². The van der Waals surface area contributed by atoms with Crippen LogP contribution in [-0.4, -0.2) is 11.9 Å². The van der Waals surface area contributed by atoms with Gasteiger partial charge in [-0.2, -0.15) is 0 Å². The minimum absolute atomic E-state index is 0.337. The first-order chi connectivity index (χ1) is 7.81. The second kappa shape index (κ2) is 4.38. The average molecular weight is 221 g/mol. The summed E-state index contributed by atoms with van der Waals surface area (Å²) in [5.74, 6) is 2.92. The van der Waals surface area contributed by atoms with Crippen molar-refractivity contribution in [1.82, 2.24) is 5.32 Å². The highest BCUT2D eigenvalue weighted by Gasteiger charge is 2.40. The minimum Gasteiger partial charge on any atom is -0.353 e. The molecule has 1 N–H and O–H groups in total. The van der Waals surface area contributed by atoms with E-state index < -0.39 is 0 Å². The van der Waals surface area contributed by atoms with Crippen LogP contribution in [0.5, 0.6) is 0 Å². The molecule has 3 saturated carbocycles. The van der Waals surface area contributed by atoms with Crippen LogP contribution in [0.1, 0.15) is 57.8 Å². The van der Waals surface area contributed by atoms with Crippen LogP contribution in [0, 0.1) is 17.8 Å². The molecule has 0 aromatic heterocycles. The third-order valence-electron chi connectivity index (χ3n) is 5.05. The molecule has 3 atom stereocenters. The number of carbonyl (C=O) groups excluding carboxylic acids is 1. The molecule has 0 saturated heterocycles. The highest BCUT2D eigenvalue weighted by atomic mass is 16.1. The smallest absolute Gasteiger partial charge is 0.220 e. The summed E-state index contributed by atoms with van der Waals surface area (Å²) in [5, 5.41) is 3.23. The van der Waals surface area contributed by atoms with E-state index in [1.807, 2.05) is 0 Å². The quantitative estimate of drug-likeness (QED) is 0.780. The van der Waals surface area contributed by atoms with Gasteiger partial charge in [0.25, 0.3) is 0 Å². The van der Waals surface area contributed by atoms with E-state index in [1.165, 1.54) is 51.4 Å². The molecule has 2 nitrogen and oxygen atoms in total. The van der Waals surface area contributed by atoms with E-state index in [-0.39, 0.29) is 0 Å². The van der Waals surface area contributed by atoms with Crippen LogP contribution < -0.4 is 5.32 Å². The molecule has 2 heteroatoms. The van der Waals surface area contributed by atoms with Gasteiger partial charge in [0.2, 0.25) is 5.91 Å². The fourth-order valence-electron chi connectivity index (χ4n) is 4.22. The summed E-state index contributed by atoms with van der Waals surface area (Å²) in [4.78, 5) is 11.9. The molecule has 1 amide bonds. The fraction of sp³-hybridized carbons (Fsp3) is 0.929. The molecule has 3 unspecified atom stereocenters. The van der Waals surface area contributed by atoms with Crippen molar-refractivity contribution in [1.29, 1.82) is 0 Å². The first-order valence-corrected chi connectivity index (χ1v) is 7.10. The van der Waals surface area contributed by atoms with Gasteiger partial charge in [-0.05, 0) is 49.9 Å². The zero-order valence-electron chi connectivity index (χ0n) is 10.1. The van der Waals surface area contributed by atoms with Crippen LogP contribution in [0.2, 0.25) is 0 Å². The second-order valence-electron chi connectivity index (χ2n) is 6.19. The number of hydrogen-bond donors (Lipinski definition) is 1. The molecule has 2 bridgehead atoms. The lowest BCUT2D eigenvalue weighted by Gasteiger charge is -2.22. The fourth-order valence-corrected chi connectivity index (χ4v) is 4.22. The van der Waals surface area contributed by atoms with Gasteiger partial charge in [-0.15, -0.1) is 0 Å². The minimum atomic E-state index is 0.337. The molecule has 0 radical (unpaired) electrons. The van der Waals surface area contributed by atoms with Gasteiger partial charge in [0.15, 0.2) is 0 Å². The lowest BCUT2D eigenvalue weighted by molar-refractivity contribution is -0.123. The van der Waals surface area contributed by atoms with Crippen molar-refractivity contribution in [2.45, 2.75) is 63.8 Å². The van der Waals surface area contributed by atoms with Crippen molar-refractivity contribution < 1.29 is 4.79 Å². The molecule has 3 aliphatic carbocycles. The number of rotatable bonds is 3. The van der Waals surface area contributed by atoms with Gasteiger partial charge in [0.05, 0.1) is 0 Å². The van der Waals surface area contributed by atoms with Gasteiger partial charge in [-0.3, -0.25) is 4.79 Å². The molecular weight excluding hydrogens is 198 g/mol. The van der Waals surface area contributed by atoms with E-state index in [9.17, 15) is 4.79 Å². The number of carbonyl (C=O) groups is 1. The molecule has 0 aliphatic heterocycles. The molecule has 90 valence electrons. The van der Waals surface area contributed by atoms with Gasteiger partial charge in [-0.25, -0.2) is 0 Å². The van der Waals surface area contributed by atoms with E-state index in [0.717, 1.165) is 24.2 Å². The van der Waals surface area contributed by atoms with Gasteiger partial charge >= 0.3 is 0 Å². The summed E-state index contributed by atoms with van der Waals surface area (Å²) in [6, 6.07) is 0.506. The average Bonchev–Trinajstić information content (AvgIpc) is 2.92. The molecule has 0 aromatic carbocycles. The van der Waals surface area contributed by atoms with E-state index in [0.29, 0.717) is 11.9 Å². The summed E-state index contributed by atoms with van der Waals surface area (Å²) >= 11 is 0. The van der Waals surface area contributed by atoms with Crippen LogP contribution in [0.15, 0.2) is 0 Å². The van der Waals surface area contributed by atoms with E-state index in [4.69, 9.17) is 0 Å². The van der Waals surface area contributed by atoms with Crippen LogP contribution in [-0.2, 0) is 4.79 Å². The van der Waals surface area contributed by atoms with E-state index in [2.05, 4.69) is 5.32 Å². The van der Waals surface area contributed by atoms with Crippen LogP contribution >= 0.6 is 0 Å². The number of amides is 1. The highest BCUT2D eigenvalue weighted by molar-refractivity contribution is 5.76. The zero-order chi connectivity index (χ0) is 11.0. The van der Waals surface area contributed by atoms with Gasteiger partial charge in [0.1, 0.15) is 0 Å². The topological polar surface area (TPSA) is 29.1 Å². The Hall–Kier alpha value is -0.530. The standard InChI is InChI=1S/C14H23NO/c16-14(15-13-3-1-2-4-13)9-12-8-10-5-6-11(12)7-10/h10-13H,1-9H2,(H,15,16). The van der Waals surface area contributed by atoms with Crippen molar-refractivity contribution in [3.05, 3.63) is 0 Å². The molecular formula is C14H23NO. The Morgan fingerprint density at radius 2 is 1.88 bits per heavy atom. The normalized spacial score (nSPS) is 38.1. The summed E-state index contributed by atoms with van der Waals surface area (Å²) in [7, 11) is 0. The van der Waals surface area contributed by atoms with E-state index >= 15 is 0 Å². The van der Waals surface area contributed by atoms with E-state index in [1.54, 1.807) is 0 Å². The maximum absolute atomic E-state index is 11.9. The lowest BCUT2D eigenvalue weighted by atomic mass is 9.86. The Kier molecular flexibility index (Phi) is 2.91. The van der Waals surface area contributed by atoms with Gasteiger partial charge < -0.3 is 5.32 Å². The summed E-state index contributed by atoms with van der Waals surface area (Å²) in [6.45, 7) is 0. The summed E-state index contributed by atoms with van der Waals surface area (Å²) < 4.78 is 0. The summed E-state index contributed by atoms with van der Waals surface area (Å²) in [6.07, 6.45) is 11.4. The first kappa shape index (κ1) is 10.6. The monoisotopic (exact) mass is 221 g/mol. The van der Waals surface area contributed by atoms with Crippen molar-refractivity contribution in [3.63, 3.8) is 0 Å². The molecule has 0 aromatic rings. The van der Waals surface area contributed by atoms with Crippen molar-refractivity contribution >= 4 is 5.91 Å². The Labute approximate surface area is 98.2 Å². The van der Waals surface area contributed by atoms with Crippen molar-refractivity contribution in [2.24, 2.45) is 17.8 Å². The molecule has 3 aliphatic rings. The maximum atomic E-state index is 11.9. The number of nitrogens with one attached hydrogen (secondary N) is 1. The Morgan fingerprint density at radius 3 is 2.50 bits per heavy atom. The predicted octanol–water partition coefficient (Wildman–Crippen LogP) is 2.87. The highest BCUT2D eigenvalue weighted by Crippen LogP contribution is 2.49. The summed E-state index contributed by atoms with van der Waals surface area (Å²) in [5.41, 5.74) is 0. The third-order valence-corrected chi connectivity index (χ3v) is 5.05. The zero-order valence-corrected chi connectivity index (χ0v) is 10.1. The second-order valence-corrected chi connectivity index (χ2v) is 6.19. The third kappa shape index (κ3) is 2.11. The number of fused-ring (bicyclic) bond motifs is 2. The number of hydrogen-bond acceptors (Lipinski definition) is 1. The van der Waals surface area contributed by atoms with Crippen LogP contribution in [0.3, 0.4) is 0 Å². The Bertz CT molecular complexity index is 270. The van der Waals surface area contributed by atoms with Crippen LogP contribution in [0.25, 0.3) is 0 Å². The predicted molar refractivity (Wildman–Crippen MR) is 64.0 cm³/mol. The maximum Gasteiger partial charge on any atom is 0.220 e. The van der Waals surface area contributed by atoms with Crippen molar-refractivity contribution in [2.75, 3.05) is 0 Å². The Balaban J connectivity index is 1.45. The lowest BCUT2D eigenvalue weighted by Crippen LogP contribution is -2.34. The van der Waals surface area contributed by atoms with Gasteiger partial charge in [0, 0.05) is 12.5 Å².